The molecular weight excluding hydrogens is 359 g/mol. The lowest BCUT2D eigenvalue weighted by Gasteiger charge is -2.12. The smallest absolute Gasteiger partial charge is 0.262 e. The van der Waals surface area contributed by atoms with Crippen LogP contribution in [-0.2, 0) is 14.8 Å². The Hall–Kier alpha value is -2.32. The molecule has 0 spiro atoms. The molecule has 2 aromatic carbocycles. The molecule has 0 heterocycles. The number of methoxy groups -OCH3 is 1. The van der Waals surface area contributed by atoms with E-state index in [-0.39, 0.29) is 27.3 Å². The standard InChI is InChI=1S/C15H14ClFN2O4S/c1-9(20)18-10-3-5-12(16)14(7-10)19-24(21,22)11-4-6-13(17)15(8-11)23-2/h3-8,19H,1-2H3,(H,18,20). The topological polar surface area (TPSA) is 84.5 Å². The Morgan fingerprint density at radius 2 is 1.92 bits per heavy atom. The molecule has 0 radical (unpaired) electrons. The monoisotopic (exact) mass is 372 g/mol. The Morgan fingerprint density at radius 3 is 2.54 bits per heavy atom. The summed E-state index contributed by atoms with van der Waals surface area (Å²) in [7, 11) is -2.79. The predicted molar refractivity (Wildman–Crippen MR) is 89.5 cm³/mol. The van der Waals surface area contributed by atoms with Crippen LogP contribution in [0.15, 0.2) is 41.3 Å². The lowest BCUT2D eigenvalue weighted by molar-refractivity contribution is -0.114. The van der Waals surface area contributed by atoms with E-state index in [1.165, 1.54) is 32.2 Å². The van der Waals surface area contributed by atoms with Crippen LogP contribution in [0.4, 0.5) is 15.8 Å². The second-order valence-corrected chi connectivity index (χ2v) is 6.87. The number of anilines is 2. The third-order valence-corrected chi connectivity index (χ3v) is 4.66. The summed E-state index contributed by atoms with van der Waals surface area (Å²) >= 11 is 5.99. The molecule has 2 rings (SSSR count). The van der Waals surface area contributed by atoms with Crippen LogP contribution in [0, 0.1) is 5.82 Å². The summed E-state index contributed by atoms with van der Waals surface area (Å²) in [5.41, 5.74) is 0.451. The minimum absolute atomic E-state index is 0.0752. The fraction of sp³-hybridized carbons (Fsp3) is 0.133. The van der Waals surface area contributed by atoms with Crippen LogP contribution in [0.3, 0.4) is 0 Å². The van der Waals surface area contributed by atoms with E-state index in [1.54, 1.807) is 0 Å². The molecule has 24 heavy (non-hydrogen) atoms. The maximum absolute atomic E-state index is 13.4. The molecule has 0 aliphatic rings. The van der Waals surface area contributed by atoms with Gasteiger partial charge in [0, 0.05) is 18.7 Å². The average molecular weight is 373 g/mol. The van der Waals surface area contributed by atoms with Gasteiger partial charge in [-0.05, 0) is 30.3 Å². The van der Waals surface area contributed by atoms with Crippen molar-refractivity contribution in [3.05, 3.63) is 47.2 Å². The van der Waals surface area contributed by atoms with Crippen molar-refractivity contribution in [2.24, 2.45) is 0 Å². The maximum atomic E-state index is 13.4. The van der Waals surface area contributed by atoms with E-state index in [0.717, 1.165) is 18.2 Å². The number of amides is 1. The number of hydrogen-bond donors (Lipinski definition) is 2. The van der Waals surface area contributed by atoms with E-state index in [0.29, 0.717) is 5.69 Å². The summed E-state index contributed by atoms with van der Waals surface area (Å²) in [5.74, 6) is -1.19. The van der Waals surface area contributed by atoms with Crippen molar-refractivity contribution < 1.29 is 22.3 Å². The first-order valence-electron chi connectivity index (χ1n) is 6.66. The Balaban J connectivity index is 2.37. The van der Waals surface area contributed by atoms with Crippen molar-refractivity contribution in [2.75, 3.05) is 17.1 Å². The second-order valence-electron chi connectivity index (χ2n) is 4.78. The van der Waals surface area contributed by atoms with E-state index >= 15 is 0 Å². The SMILES string of the molecule is COc1cc(S(=O)(=O)Nc2cc(NC(C)=O)ccc2Cl)ccc1F. The van der Waals surface area contributed by atoms with Crippen LogP contribution in [0.1, 0.15) is 6.92 Å². The van der Waals surface area contributed by atoms with Gasteiger partial charge in [0.2, 0.25) is 5.91 Å². The molecule has 2 N–H and O–H groups in total. The first kappa shape index (κ1) is 18.0. The first-order chi connectivity index (χ1) is 11.2. The molecular formula is C15H14ClFN2O4S. The van der Waals surface area contributed by atoms with E-state index in [1.807, 2.05) is 0 Å². The molecule has 0 atom stereocenters. The number of halogens is 2. The minimum Gasteiger partial charge on any atom is -0.494 e. The fourth-order valence-electron chi connectivity index (χ4n) is 1.90. The van der Waals surface area contributed by atoms with Gasteiger partial charge in [0.1, 0.15) is 0 Å². The lowest BCUT2D eigenvalue weighted by atomic mass is 10.3. The Kier molecular flexibility index (Phi) is 5.30. The third kappa shape index (κ3) is 4.15. The van der Waals surface area contributed by atoms with Crippen molar-refractivity contribution >= 4 is 38.9 Å². The Bertz CT molecular complexity index is 887. The average Bonchev–Trinajstić information content (AvgIpc) is 2.50. The van der Waals surface area contributed by atoms with Crippen LogP contribution >= 0.6 is 11.6 Å². The van der Waals surface area contributed by atoms with E-state index in [2.05, 4.69) is 10.0 Å². The highest BCUT2D eigenvalue weighted by Crippen LogP contribution is 2.29. The summed E-state index contributed by atoms with van der Waals surface area (Å²) in [6.45, 7) is 1.32. The molecule has 0 aliphatic heterocycles. The molecule has 0 unspecified atom stereocenters. The van der Waals surface area contributed by atoms with Crippen molar-refractivity contribution in [1.82, 2.24) is 0 Å². The van der Waals surface area contributed by atoms with Gasteiger partial charge in [0.15, 0.2) is 11.6 Å². The molecule has 2 aromatic rings. The quantitative estimate of drug-likeness (QED) is 0.843. The van der Waals surface area contributed by atoms with Gasteiger partial charge < -0.3 is 10.1 Å². The summed E-state index contributed by atoms with van der Waals surface area (Å²) in [6.07, 6.45) is 0. The van der Waals surface area contributed by atoms with Crippen molar-refractivity contribution in [3.63, 3.8) is 0 Å². The van der Waals surface area contributed by atoms with Gasteiger partial charge in [-0.25, -0.2) is 12.8 Å². The van der Waals surface area contributed by atoms with Gasteiger partial charge in [-0.1, -0.05) is 11.6 Å². The highest BCUT2D eigenvalue weighted by molar-refractivity contribution is 7.92. The minimum atomic E-state index is -4.02. The van der Waals surface area contributed by atoms with Crippen molar-refractivity contribution in [1.29, 1.82) is 0 Å². The second kappa shape index (κ2) is 7.06. The highest BCUT2D eigenvalue weighted by atomic mass is 35.5. The van der Waals surface area contributed by atoms with Crippen LogP contribution in [-0.4, -0.2) is 21.4 Å². The molecule has 9 heteroatoms. The molecule has 0 aromatic heterocycles. The molecule has 1 amide bonds. The van der Waals surface area contributed by atoms with E-state index < -0.39 is 15.8 Å². The van der Waals surface area contributed by atoms with Gasteiger partial charge in [-0.3, -0.25) is 9.52 Å². The van der Waals surface area contributed by atoms with E-state index in [9.17, 15) is 17.6 Å². The zero-order chi connectivity index (χ0) is 17.9. The molecule has 0 aliphatic carbocycles. The van der Waals surface area contributed by atoms with Crippen molar-refractivity contribution in [2.45, 2.75) is 11.8 Å². The van der Waals surface area contributed by atoms with Crippen molar-refractivity contribution in [3.8, 4) is 5.75 Å². The fourth-order valence-corrected chi connectivity index (χ4v) is 3.20. The molecule has 0 fully saturated rings. The van der Waals surface area contributed by atoms with Crippen LogP contribution < -0.4 is 14.8 Å². The van der Waals surface area contributed by atoms with E-state index in [4.69, 9.17) is 16.3 Å². The lowest BCUT2D eigenvalue weighted by Crippen LogP contribution is -2.14. The molecule has 0 saturated heterocycles. The first-order valence-corrected chi connectivity index (χ1v) is 8.52. The van der Waals surface area contributed by atoms with Gasteiger partial charge in [0.05, 0.1) is 22.7 Å². The predicted octanol–water partition coefficient (Wildman–Crippen LogP) is 3.25. The highest BCUT2D eigenvalue weighted by Gasteiger charge is 2.18. The molecule has 0 saturated carbocycles. The number of rotatable bonds is 5. The zero-order valence-corrected chi connectivity index (χ0v) is 14.3. The number of benzene rings is 2. The Labute approximate surface area is 143 Å². The van der Waals surface area contributed by atoms with Gasteiger partial charge >= 0.3 is 0 Å². The summed E-state index contributed by atoms with van der Waals surface area (Å²) < 4.78 is 45.4. The van der Waals surface area contributed by atoms with Gasteiger partial charge in [-0.2, -0.15) is 0 Å². The maximum Gasteiger partial charge on any atom is 0.262 e. The van der Waals surface area contributed by atoms with Gasteiger partial charge in [-0.15, -0.1) is 0 Å². The third-order valence-electron chi connectivity index (χ3n) is 2.96. The number of hydrogen-bond acceptors (Lipinski definition) is 4. The molecule has 128 valence electrons. The Morgan fingerprint density at radius 1 is 1.21 bits per heavy atom. The summed E-state index contributed by atoms with van der Waals surface area (Å²) in [6, 6.07) is 7.50. The summed E-state index contributed by atoms with van der Waals surface area (Å²) in [4.78, 5) is 10.9. The van der Waals surface area contributed by atoms with Crippen LogP contribution in [0.2, 0.25) is 5.02 Å². The number of nitrogens with one attached hydrogen (secondary N) is 2. The molecule has 6 nitrogen and oxygen atoms in total. The summed E-state index contributed by atoms with van der Waals surface area (Å²) in [5, 5.41) is 2.66. The number of carbonyl (C=O) groups excluding carboxylic acids is 1. The van der Waals surface area contributed by atoms with Crippen LogP contribution in [0.5, 0.6) is 5.75 Å². The normalized spacial score (nSPS) is 11.0. The number of sulfonamides is 1. The van der Waals surface area contributed by atoms with Gasteiger partial charge in [0.25, 0.3) is 10.0 Å². The number of carbonyl (C=O) groups is 1. The van der Waals surface area contributed by atoms with Crippen LogP contribution in [0.25, 0.3) is 0 Å². The largest absolute Gasteiger partial charge is 0.494 e. The molecule has 0 bridgehead atoms. The zero-order valence-electron chi connectivity index (χ0n) is 12.8. The number of ether oxygens (including phenoxy) is 1.